The topological polar surface area (TPSA) is 38.7 Å². The van der Waals surface area contributed by atoms with E-state index in [4.69, 9.17) is 4.98 Å². The Kier molecular flexibility index (Phi) is 10.4. The fourth-order valence-corrected chi connectivity index (χ4v) is 6.35. The molecule has 6 aromatic carbocycles. The zero-order valence-electron chi connectivity index (χ0n) is 28.2. The fourth-order valence-electron chi connectivity index (χ4n) is 6.35. The second-order valence-corrected chi connectivity index (χ2v) is 12.8. The standard InChI is InChI=1S/C28H23N2.C17H14N.Ir/c1-19(2)16-20-10-12-21(13-11-20)23-7-5-8-24(17-23)28-29-18-26-25-9-4-3-6-22(25)14-15-27(26)30-28;1-12-9-13(2)11-15(10-12)17-16-6-4-3-5-14(16)7-8-18-17;/h3-7,9-15,17-19H,16H2,1-2H3;3-10H,1-2H3;/q2*-1;. The molecule has 0 saturated carbocycles. The van der Waals surface area contributed by atoms with E-state index in [1.807, 2.05) is 24.5 Å². The van der Waals surface area contributed by atoms with Gasteiger partial charge in [0.2, 0.25) is 0 Å². The molecular formula is C45H37IrN3-2. The molecule has 0 amide bonds. The first-order valence-electron chi connectivity index (χ1n) is 16.5. The summed E-state index contributed by atoms with van der Waals surface area (Å²) in [6.45, 7) is 8.68. The molecule has 3 nitrogen and oxygen atoms in total. The van der Waals surface area contributed by atoms with Gasteiger partial charge in [-0.3, -0.25) is 9.97 Å². The summed E-state index contributed by atoms with van der Waals surface area (Å²) in [5, 5.41) is 5.86. The summed E-state index contributed by atoms with van der Waals surface area (Å²) < 4.78 is 0. The van der Waals surface area contributed by atoms with Crippen LogP contribution < -0.4 is 0 Å². The molecule has 49 heavy (non-hydrogen) atoms. The molecule has 0 fully saturated rings. The van der Waals surface area contributed by atoms with Crippen molar-refractivity contribution in [1.29, 1.82) is 0 Å². The van der Waals surface area contributed by atoms with Crippen molar-refractivity contribution in [3.63, 3.8) is 0 Å². The number of aromatic nitrogens is 3. The summed E-state index contributed by atoms with van der Waals surface area (Å²) in [6, 6.07) is 48.9. The van der Waals surface area contributed by atoms with Crippen molar-refractivity contribution >= 4 is 32.4 Å². The maximum absolute atomic E-state index is 4.83. The van der Waals surface area contributed by atoms with Crippen LogP contribution in [0.1, 0.15) is 30.5 Å². The molecule has 0 atom stereocenters. The molecule has 0 bridgehead atoms. The maximum Gasteiger partial charge on any atom is 0.0756 e. The van der Waals surface area contributed by atoms with Gasteiger partial charge in [-0.05, 0) is 62.8 Å². The monoisotopic (exact) mass is 812 g/mol. The van der Waals surface area contributed by atoms with Gasteiger partial charge < -0.3 is 4.98 Å². The molecule has 0 aliphatic heterocycles. The molecule has 8 rings (SSSR count). The smallest absolute Gasteiger partial charge is 0.0756 e. The van der Waals surface area contributed by atoms with Crippen molar-refractivity contribution in [2.75, 3.05) is 0 Å². The molecule has 0 aliphatic rings. The molecule has 0 spiro atoms. The van der Waals surface area contributed by atoms with Crippen molar-refractivity contribution in [3.05, 3.63) is 163 Å². The van der Waals surface area contributed by atoms with Gasteiger partial charge in [0, 0.05) is 37.9 Å². The predicted octanol–water partition coefficient (Wildman–Crippen LogP) is 11.4. The van der Waals surface area contributed by atoms with Crippen molar-refractivity contribution in [1.82, 2.24) is 15.0 Å². The summed E-state index contributed by atoms with van der Waals surface area (Å²) in [6.07, 6.45) is 4.90. The maximum atomic E-state index is 4.83. The van der Waals surface area contributed by atoms with Gasteiger partial charge in [-0.15, -0.1) is 70.3 Å². The number of benzene rings is 6. The third kappa shape index (κ3) is 7.67. The van der Waals surface area contributed by atoms with E-state index in [1.165, 1.54) is 38.2 Å². The van der Waals surface area contributed by atoms with E-state index < -0.39 is 0 Å². The Morgan fingerprint density at radius 3 is 2.14 bits per heavy atom. The van der Waals surface area contributed by atoms with Gasteiger partial charge in [0.1, 0.15) is 0 Å². The minimum atomic E-state index is 0. The van der Waals surface area contributed by atoms with E-state index in [9.17, 15) is 0 Å². The first-order chi connectivity index (χ1) is 23.4. The second kappa shape index (κ2) is 15.0. The molecule has 2 heterocycles. The average molecular weight is 812 g/mol. The number of rotatable bonds is 5. The molecule has 1 radical (unpaired) electrons. The van der Waals surface area contributed by atoms with E-state index in [0.717, 1.165) is 45.3 Å². The van der Waals surface area contributed by atoms with Crippen LogP contribution in [-0.4, -0.2) is 15.0 Å². The van der Waals surface area contributed by atoms with Gasteiger partial charge in [0.25, 0.3) is 0 Å². The van der Waals surface area contributed by atoms with Gasteiger partial charge in [-0.2, -0.15) is 0 Å². The van der Waals surface area contributed by atoms with Crippen molar-refractivity contribution in [2.45, 2.75) is 34.1 Å². The number of aryl methyl sites for hydroxylation is 2. The van der Waals surface area contributed by atoms with E-state index in [-0.39, 0.29) is 20.1 Å². The van der Waals surface area contributed by atoms with Crippen LogP contribution in [-0.2, 0) is 26.5 Å². The summed E-state index contributed by atoms with van der Waals surface area (Å²) in [7, 11) is 0. The number of pyridine rings is 1. The van der Waals surface area contributed by atoms with Crippen LogP contribution in [0, 0.1) is 31.9 Å². The Hall–Kier alpha value is -5.02. The summed E-state index contributed by atoms with van der Waals surface area (Å²) in [5.74, 6) is 1.37. The van der Waals surface area contributed by atoms with Crippen molar-refractivity contribution in [2.24, 2.45) is 5.92 Å². The first kappa shape index (κ1) is 33.9. The van der Waals surface area contributed by atoms with E-state index in [2.05, 4.69) is 159 Å². The molecule has 0 unspecified atom stereocenters. The fraction of sp³-hybridized carbons (Fsp3) is 0.133. The molecule has 2 aromatic heterocycles. The molecular weight excluding hydrogens is 775 g/mol. The van der Waals surface area contributed by atoms with Crippen molar-refractivity contribution in [3.8, 4) is 33.8 Å². The summed E-state index contributed by atoms with van der Waals surface area (Å²) in [4.78, 5) is 14.0. The third-order valence-electron chi connectivity index (χ3n) is 8.54. The van der Waals surface area contributed by atoms with E-state index in [1.54, 1.807) is 0 Å². The molecule has 0 aliphatic carbocycles. The minimum Gasteiger partial charge on any atom is -0.304 e. The Bertz CT molecular complexity index is 2350. The number of fused-ring (bicyclic) bond motifs is 4. The number of hydrogen-bond donors (Lipinski definition) is 0. The van der Waals surface area contributed by atoms with Gasteiger partial charge >= 0.3 is 0 Å². The quantitative estimate of drug-likeness (QED) is 0.128. The van der Waals surface area contributed by atoms with Crippen LogP contribution >= 0.6 is 0 Å². The van der Waals surface area contributed by atoms with Crippen LogP contribution in [0.4, 0.5) is 0 Å². The van der Waals surface area contributed by atoms with Crippen LogP contribution in [0.25, 0.3) is 66.2 Å². The minimum absolute atomic E-state index is 0. The predicted molar refractivity (Wildman–Crippen MR) is 201 cm³/mol. The second-order valence-electron chi connectivity index (χ2n) is 12.8. The Morgan fingerprint density at radius 1 is 0.653 bits per heavy atom. The molecule has 0 N–H and O–H groups in total. The Morgan fingerprint density at radius 2 is 1.39 bits per heavy atom. The van der Waals surface area contributed by atoms with Gasteiger partial charge in [0.15, 0.2) is 0 Å². The normalized spacial score (nSPS) is 11.0. The SMILES string of the molecule is CC(C)Cc1ccc(-c2cc[c-]c(-c3ncc4c(ccc5ccccc54)n3)c2)cc1.Cc1[c-]c(-c2nccc3ccccc23)cc(C)c1.[Ir]. The van der Waals surface area contributed by atoms with Crippen LogP contribution in [0.2, 0.25) is 0 Å². The molecule has 243 valence electrons. The van der Waals surface area contributed by atoms with Gasteiger partial charge in [0.05, 0.1) is 11.3 Å². The average Bonchev–Trinajstić information content (AvgIpc) is 3.11. The Balaban J connectivity index is 0.000000188. The first-order valence-corrected chi connectivity index (χ1v) is 16.5. The Labute approximate surface area is 302 Å². The zero-order chi connectivity index (χ0) is 33.0. The largest absolute Gasteiger partial charge is 0.304 e. The summed E-state index contributed by atoms with van der Waals surface area (Å²) >= 11 is 0. The van der Waals surface area contributed by atoms with Gasteiger partial charge in [-0.25, -0.2) is 0 Å². The molecule has 4 heteroatoms. The molecule has 8 aromatic rings. The van der Waals surface area contributed by atoms with Crippen LogP contribution in [0.15, 0.2) is 134 Å². The van der Waals surface area contributed by atoms with E-state index in [0.29, 0.717) is 11.7 Å². The third-order valence-corrected chi connectivity index (χ3v) is 8.54. The number of hydrogen-bond acceptors (Lipinski definition) is 3. The van der Waals surface area contributed by atoms with Gasteiger partial charge in [-0.1, -0.05) is 107 Å². The van der Waals surface area contributed by atoms with Crippen LogP contribution in [0.5, 0.6) is 0 Å². The number of nitrogens with zero attached hydrogens (tertiary/aromatic N) is 3. The van der Waals surface area contributed by atoms with E-state index >= 15 is 0 Å². The zero-order valence-corrected chi connectivity index (χ0v) is 30.6. The van der Waals surface area contributed by atoms with Crippen LogP contribution in [0.3, 0.4) is 0 Å². The summed E-state index contributed by atoms with van der Waals surface area (Å²) in [5.41, 5.74) is 10.1. The molecule has 0 saturated heterocycles. The van der Waals surface area contributed by atoms with Crippen molar-refractivity contribution < 1.29 is 20.1 Å².